The van der Waals surface area contributed by atoms with Gasteiger partial charge < -0.3 is 9.80 Å². The van der Waals surface area contributed by atoms with Crippen molar-refractivity contribution in [3.63, 3.8) is 0 Å². The lowest BCUT2D eigenvalue weighted by molar-refractivity contribution is -0.135. The highest BCUT2D eigenvalue weighted by atomic mass is 16.2. The molecule has 3 aromatic rings. The smallest absolute Gasteiger partial charge is 0.257 e. The van der Waals surface area contributed by atoms with Gasteiger partial charge in [0.2, 0.25) is 5.91 Å². The Hall–Kier alpha value is -3.61. The molecule has 0 N–H and O–H groups in total. The van der Waals surface area contributed by atoms with Crippen LogP contribution >= 0.6 is 0 Å². The molecule has 0 bridgehead atoms. The topological polar surface area (TPSA) is 79.3 Å². The largest absolute Gasteiger partial charge is 0.342 e. The van der Waals surface area contributed by atoms with Gasteiger partial charge in [-0.05, 0) is 37.0 Å². The lowest BCUT2D eigenvalue weighted by atomic mass is 9.85. The van der Waals surface area contributed by atoms with E-state index >= 15 is 0 Å². The van der Waals surface area contributed by atoms with E-state index in [9.17, 15) is 9.59 Å². The zero-order chi connectivity index (χ0) is 22.0. The minimum Gasteiger partial charge on any atom is -0.342 e. The number of amides is 2. The molecule has 32 heavy (non-hydrogen) atoms. The Bertz CT molecular complexity index is 1100. The highest BCUT2D eigenvalue weighted by molar-refractivity contribution is 5.95. The van der Waals surface area contributed by atoms with E-state index in [1.54, 1.807) is 29.7 Å². The van der Waals surface area contributed by atoms with Gasteiger partial charge in [-0.25, -0.2) is 9.97 Å². The first-order valence-electron chi connectivity index (χ1n) is 11.0. The molecule has 1 aromatic carbocycles. The van der Waals surface area contributed by atoms with Crippen LogP contribution in [0.4, 0.5) is 0 Å². The van der Waals surface area contributed by atoms with Crippen molar-refractivity contribution in [1.82, 2.24) is 24.8 Å². The van der Waals surface area contributed by atoms with Crippen molar-refractivity contribution < 1.29 is 9.59 Å². The van der Waals surface area contributed by atoms with E-state index in [4.69, 9.17) is 0 Å². The zero-order valence-corrected chi connectivity index (χ0v) is 17.9. The van der Waals surface area contributed by atoms with E-state index in [0.717, 1.165) is 31.5 Å². The average molecular weight is 428 g/mol. The molecule has 7 nitrogen and oxygen atoms in total. The summed E-state index contributed by atoms with van der Waals surface area (Å²) in [6.07, 6.45) is 8.88. The monoisotopic (exact) mass is 427 g/mol. The van der Waals surface area contributed by atoms with Crippen LogP contribution in [0.3, 0.4) is 0 Å². The van der Waals surface area contributed by atoms with Crippen LogP contribution in [0.5, 0.6) is 0 Å². The Kier molecular flexibility index (Phi) is 5.39. The van der Waals surface area contributed by atoms with E-state index in [1.807, 2.05) is 35.2 Å². The van der Waals surface area contributed by atoms with E-state index in [2.05, 4.69) is 27.1 Å². The summed E-state index contributed by atoms with van der Waals surface area (Å²) < 4.78 is 0. The molecule has 2 aliphatic rings. The molecule has 0 aliphatic carbocycles. The quantitative estimate of drug-likeness (QED) is 0.626. The van der Waals surface area contributed by atoms with Gasteiger partial charge in [0.05, 0.1) is 11.0 Å². The number of benzene rings is 1. The van der Waals surface area contributed by atoms with Crippen LogP contribution in [0.25, 0.3) is 11.4 Å². The second-order valence-electron chi connectivity index (χ2n) is 8.57. The van der Waals surface area contributed by atoms with Crippen molar-refractivity contribution in [3.8, 4) is 11.4 Å². The van der Waals surface area contributed by atoms with Gasteiger partial charge in [0.1, 0.15) is 0 Å². The number of hydrogen-bond donors (Lipinski definition) is 0. The van der Waals surface area contributed by atoms with Crippen molar-refractivity contribution >= 4 is 11.8 Å². The van der Waals surface area contributed by atoms with Gasteiger partial charge in [-0.3, -0.25) is 14.6 Å². The van der Waals surface area contributed by atoms with Crippen molar-refractivity contribution in [1.29, 1.82) is 0 Å². The maximum atomic E-state index is 13.2. The lowest BCUT2D eigenvalue weighted by Gasteiger charge is -2.23. The average Bonchev–Trinajstić information content (AvgIpc) is 3.43. The summed E-state index contributed by atoms with van der Waals surface area (Å²) in [4.78, 5) is 42.7. The first kappa shape index (κ1) is 20.3. The number of hydrogen-bond acceptors (Lipinski definition) is 5. The molecule has 2 saturated heterocycles. The fraction of sp³-hybridized carbons (Fsp3) is 0.320. The first-order valence-corrected chi connectivity index (χ1v) is 11.0. The van der Waals surface area contributed by atoms with Crippen LogP contribution < -0.4 is 0 Å². The predicted octanol–water partition coefficient (Wildman–Crippen LogP) is 2.85. The molecular weight excluding hydrogens is 402 g/mol. The number of aromatic nitrogens is 3. The van der Waals surface area contributed by atoms with Gasteiger partial charge in [-0.1, -0.05) is 30.3 Å². The molecular formula is C25H25N5O2. The number of carbonyl (C=O) groups excluding carboxylic acids is 2. The molecule has 2 fully saturated rings. The molecule has 2 amide bonds. The van der Waals surface area contributed by atoms with Gasteiger partial charge in [0.25, 0.3) is 5.91 Å². The third-order valence-electron chi connectivity index (χ3n) is 6.57. The summed E-state index contributed by atoms with van der Waals surface area (Å²) in [6.45, 7) is 2.54. The van der Waals surface area contributed by atoms with E-state index < -0.39 is 5.41 Å². The number of pyridine rings is 1. The first-order chi connectivity index (χ1) is 15.6. The van der Waals surface area contributed by atoms with Crippen molar-refractivity contribution in [3.05, 3.63) is 78.4 Å². The maximum Gasteiger partial charge on any atom is 0.257 e. The van der Waals surface area contributed by atoms with Gasteiger partial charge in [0, 0.05) is 56.5 Å². The molecule has 4 heterocycles. The summed E-state index contributed by atoms with van der Waals surface area (Å²) in [7, 11) is 0. The Labute approximate surface area is 187 Å². The minimum absolute atomic E-state index is 0.116. The molecule has 1 unspecified atom stereocenters. The van der Waals surface area contributed by atoms with Crippen molar-refractivity contribution in [2.75, 3.05) is 26.2 Å². The van der Waals surface area contributed by atoms with Crippen LogP contribution in [0.2, 0.25) is 0 Å². The van der Waals surface area contributed by atoms with E-state index in [0.29, 0.717) is 30.9 Å². The summed E-state index contributed by atoms with van der Waals surface area (Å²) in [5, 5.41) is 0. The van der Waals surface area contributed by atoms with Crippen molar-refractivity contribution in [2.45, 2.75) is 19.3 Å². The molecule has 1 spiro atoms. The van der Waals surface area contributed by atoms with Crippen LogP contribution in [0, 0.1) is 5.41 Å². The fourth-order valence-electron chi connectivity index (χ4n) is 4.70. The molecule has 2 aromatic heterocycles. The third-order valence-corrected chi connectivity index (χ3v) is 6.57. The molecule has 5 rings (SSSR count). The Morgan fingerprint density at radius 1 is 0.969 bits per heavy atom. The number of likely N-dealkylation sites (tertiary alicyclic amines) is 2. The number of carbonyl (C=O) groups is 2. The standard InChI is InChI=1S/C25H25N5O2/c31-23(21-16-27-22(28-17-21)20-7-4-11-26-15-20)30-14-10-25(18-30)9-13-29(24(25)32)12-8-19-5-2-1-3-6-19/h1-7,11,15-17H,8-10,12-14,18H2. The fourth-order valence-corrected chi connectivity index (χ4v) is 4.70. The third kappa shape index (κ3) is 3.86. The molecule has 162 valence electrons. The highest BCUT2D eigenvalue weighted by Gasteiger charge is 2.51. The number of nitrogens with zero attached hydrogens (tertiary/aromatic N) is 5. The van der Waals surface area contributed by atoms with Crippen LogP contribution in [0.1, 0.15) is 28.8 Å². The minimum atomic E-state index is -0.442. The summed E-state index contributed by atoms with van der Waals surface area (Å²) in [5.41, 5.74) is 2.04. The van der Waals surface area contributed by atoms with E-state index in [-0.39, 0.29) is 11.8 Å². The molecule has 7 heteroatoms. The lowest BCUT2D eigenvalue weighted by Crippen LogP contribution is -2.39. The van der Waals surface area contributed by atoms with Crippen molar-refractivity contribution in [2.24, 2.45) is 5.41 Å². The second kappa shape index (κ2) is 8.49. The maximum absolute atomic E-state index is 13.2. The molecule has 0 radical (unpaired) electrons. The van der Waals surface area contributed by atoms with Gasteiger partial charge in [-0.15, -0.1) is 0 Å². The zero-order valence-electron chi connectivity index (χ0n) is 17.9. The van der Waals surface area contributed by atoms with E-state index in [1.165, 1.54) is 5.56 Å². The van der Waals surface area contributed by atoms with Gasteiger partial charge in [0.15, 0.2) is 5.82 Å². The van der Waals surface area contributed by atoms with Crippen LogP contribution in [-0.2, 0) is 11.2 Å². The molecule has 1 atom stereocenters. The highest BCUT2D eigenvalue weighted by Crippen LogP contribution is 2.41. The molecule has 0 saturated carbocycles. The van der Waals surface area contributed by atoms with Crippen LogP contribution in [0.15, 0.2) is 67.3 Å². The Morgan fingerprint density at radius 3 is 2.50 bits per heavy atom. The SMILES string of the molecule is O=C(c1cnc(-c2cccnc2)nc1)N1CCC2(CCN(CCc3ccccc3)C2=O)C1. The van der Waals surface area contributed by atoms with Crippen LogP contribution in [-0.4, -0.2) is 62.7 Å². The normalized spacial score (nSPS) is 20.3. The summed E-state index contributed by atoms with van der Waals surface area (Å²) in [5.74, 6) is 0.606. The van der Waals surface area contributed by atoms with Gasteiger partial charge >= 0.3 is 0 Å². The Morgan fingerprint density at radius 2 is 1.75 bits per heavy atom. The summed E-state index contributed by atoms with van der Waals surface area (Å²) >= 11 is 0. The second-order valence-corrected chi connectivity index (χ2v) is 8.57. The predicted molar refractivity (Wildman–Crippen MR) is 120 cm³/mol. The molecule has 2 aliphatic heterocycles. The summed E-state index contributed by atoms with van der Waals surface area (Å²) in [6, 6.07) is 13.9. The number of rotatable bonds is 5. The van der Waals surface area contributed by atoms with Gasteiger partial charge in [-0.2, -0.15) is 0 Å². The Balaban J connectivity index is 1.22.